The van der Waals surface area contributed by atoms with Crippen molar-refractivity contribution in [2.75, 3.05) is 0 Å². The fourth-order valence-corrected chi connectivity index (χ4v) is 0. The fraction of sp³-hybridized carbons (Fsp3) is 0. The van der Waals surface area contributed by atoms with Crippen LogP contribution in [0.1, 0.15) is 0 Å². The van der Waals surface area contributed by atoms with Gasteiger partial charge in [-0.25, -0.2) is 0 Å². The molecule has 7 heavy (non-hydrogen) atoms. The molecule has 6 heteroatoms. The summed E-state index contributed by atoms with van der Waals surface area (Å²) >= 11 is 0. The first-order valence-electron chi connectivity index (χ1n) is 0.471. The van der Waals surface area contributed by atoms with Gasteiger partial charge in [-0.1, -0.05) is 0 Å². The van der Waals surface area contributed by atoms with Crippen molar-refractivity contribution in [1.29, 1.82) is 0 Å². The van der Waals surface area contributed by atoms with Gasteiger partial charge in [0, 0.05) is 6.47 Å². The second kappa shape index (κ2) is 40.5. The third kappa shape index (κ3) is 62.0. The molecule has 0 spiro atoms. The Hall–Kier alpha value is 2.31. The molecule has 0 rings (SSSR count). The number of carbonyl (C=O) groups excluding carboxylic acids is 1. The molecule has 0 aromatic carbocycles. The molecule has 0 saturated heterocycles. The van der Waals surface area contributed by atoms with Gasteiger partial charge in [0.2, 0.25) is 0 Å². The topological polar surface area (TPSA) is 40.1 Å². The van der Waals surface area contributed by atoms with E-state index in [0.29, 0.717) is 0 Å². The SMILES string of the molecule is O=C[O-].[Ca+2].[Cl-].[Cl-].[Na+]. The Kier molecular flexibility index (Phi) is 200. The van der Waals surface area contributed by atoms with E-state index in [4.69, 9.17) is 9.90 Å². The van der Waals surface area contributed by atoms with E-state index >= 15 is 0 Å². The Morgan fingerprint density at radius 3 is 1.29 bits per heavy atom. The zero-order valence-electron chi connectivity index (χ0n) is 3.86. The fourth-order valence-electron chi connectivity index (χ4n) is 0. The van der Waals surface area contributed by atoms with Gasteiger partial charge in [0.15, 0.2) is 0 Å². The minimum atomic E-state index is -0.500. The number of hydrogen-bond donors (Lipinski definition) is 0. The summed E-state index contributed by atoms with van der Waals surface area (Å²) in [6, 6.07) is 0. The van der Waals surface area contributed by atoms with Gasteiger partial charge in [0.1, 0.15) is 0 Å². The van der Waals surface area contributed by atoms with Crippen molar-refractivity contribution < 1.29 is 64.3 Å². The summed E-state index contributed by atoms with van der Waals surface area (Å²) in [6.45, 7) is -0.500. The van der Waals surface area contributed by atoms with Crippen LogP contribution in [0.2, 0.25) is 0 Å². The largest absolute Gasteiger partial charge is 2.00 e. The normalized spacial score (nSPS) is 1.71. The maximum Gasteiger partial charge on any atom is 2.00 e. The second-order valence-electron chi connectivity index (χ2n) is 0.0962. The molecule has 0 aliphatic carbocycles. The molecule has 0 aromatic heterocycles. The van der Waals surface area contributed by atoms with Crippen LogP contribution in [0.15, 0.2) is 0 Å². The number of carboxylic acid groups (broad SMARTS) is 1. The second-order valence-corrected chi connectivity index (χ2v) is 0.0962. The van der Waals surface area contributed by atoms with Crippen LogP contribution in [0.5, 0.6) is 0 Å². The molecule has 0 aromatic rings. The Morgan fingerprint density at radius 1 is 1.29 bits per heavy atom. The molecular formula is CHCaCl2NaO2. The Balaban J connectivity index is -0.00000000333. The molecule has 0 saturated carbocycles. The maximum atomic E-state index is 8.25. The van der Waals surface area contributed by atoms with E-state index < -0.39 is 6.47 Å². The first-order valence-corrected chi connectivity index (χ1v) is 0.471. The number of carbonyl (C=O) groups is 1. The zero-order valence-corrected chi connectivity index (χ0v) is 9.58. The minimum Gasteiger partial charge on any atom is -1.00 e. The first kappa shape index (κ1) is 34.6. The van der Waals surface area contributed by atoms with Crippen LogP contribution < -0.4 is 59.5 Å². The van der Waals surface area contributed by atoms with E-state index in [-0.39, 0.29) is 92.1 Å². The van der Waals surface area contributed by atoms with Gasteiger partial charge >= 0.3 is 67.3 Å². The molecule has 0 aliphatic rings. The van der Waals surface area contributed by atoms with Crippen molar-refractivity contribution in [2.24, 2.45) is 0 Å². The van der Waals surface area contributed by atoms with Crippen LogP contribution in [0, 0.1) is 0 Å². The molecule has 0 N–H and O–H groups in total. The summed E-state index contributed by atoms with van der Waals surface area (Å²) in [5.74, 6) is 0. The van der Waals surface area contributed by atoms with Gasteiger partial charge in [-0.3, -0.25) is 0 Å². The van der Waals surface area contributed by atoms with Gasteiger partial charge in [-0.05, 0) is 0 Å². The standard InChI is InChI=1S/CH2O2.Ca.2ClH.Na/c2-1-3;;;;/h1H,(H,2,3);;2*1H;/q;+2;;;+1/p-3. The van der Waals surface area contributed by atoms with E-state index in [1.165, 1.54) is 0 Å². The summed E-state index contributed by atoms with van der Waals surface area (Å²) in [5, 5.41) is 8.25. The molecule has 0 atom stereocenters. The van der Waals surface area contributed by atoms with Crippen molar-refractivity contribution in [1.82, 2.24) is 0 Å². The average molecular weight is 179 g/mol. The van der Waals surface area contributed by atoms with Crippen LogP contribution in [0.4, 0.5) is 0 Å². The van der Waals surface area contributed by atoms with Crippen LogP contribution in [0.3, 0.4) is 0 Å². The summed E-state index contributed by atoms with van der Waals surface area (Å²) in [6.07, 6.45) is 0. The minimum absolute atomic E-state index is 0. The number of hydrogen-bond acceptors (Lipinski definition) is 2. The smallest absolute Gasteiger partial charge is 1.00 e. The van der Waals surface area contributed by atoms with Gasteiger partial charge in [0.05, 0.1) is 0 Å². The first-order chi connectivity index (χ1) is 1.41. The molecule has 0 fully saturated rings. The Morgan fingerprint density at radius 2 is 1.29 bits per heavy atom. The molecule has 34 valence electrons. The van der Waals surface area contributed by atoms with Crippen molar-refractivity contribution in [3.63, 3.8) is 0 Å². The van der Waals surface area contributed by atoms with E-state index in [2.05, 4.69) is 0 Å². The molecule has 0 heterocycles. The van der Waals surface area contributed by atoms with E-state index in [9.17, 15) is 0 Å². The summed E-state index contributed by atoms with van der Waals surface area (Å²) < 4.78 is 0. The third-order valence-corrected chi connectivity index (χ3v) is 0. The van der Waals surface area contributed by atoms with Gasteiger partial charge < -0.3 is 34.7 Å². The van der Waals surface area contributed by atoms with Gasteiger partial charge in [-0.15, -0.1) is 0 Å². The molecule has 0 aliphatic heterocycles. The third-order valence-electron chi connectivity index (χ3n) is 0. The average Bonchev–Trinajstić information content (AvgIpc) is 0.918. The summed E-state index contributed by atoms with van der Waals surface area (Å²) in [7, 11) is 0. The molecule has 0 bridgehead atoms. The number of halogens is 2. The van der Waals surface area contributed by atoms with Crippen LogP contribution in [-0.2, 0) is 4.79 Å². The van der Waals surface area contributed by atoms with Crippen LogP contribution in [-0.4, -0.2) is 44.2 Å². The summed E-state index contributed by atoms with van der Waals surface area (Å²) in [4.78, 5) is 8.25. The van der Waals surface area contributed by atoms with E-state index in [1.807, 2.05) is 0 Å². The van der Waals surface area contributed by atoms with Crippen molar-refractivity contribution in [3.8, 4) is 0 Å². The van der Waals surface area contributed by atoms with Crippen LogP contribution >= 0.6 is 0 Å². The van der Waals surface area contributed by atoms with Crippen molar-refractivity contribution in [2.45, 2.75) is 0 Å². The molecule has 0 unspecified atom stereocenters. The Labute approximate surface area is 107 Å². The quantitative estimate of drug-likeness (QED) is 0.273. The van der Waals surface area contributed by atoms with Crippen LogP contribution in [0.25, 0.3) is 0 Å². The van der Waals surface area contributed by atoms with E-state index in [0.717, 1.165) is 0 Å². The van der Waals surface area contributed by atoms with Crippen molar-refractivity contribution >= 4 is 44.2 Å². The predicted molar refractivity (Wildman–Crippen MR) is 11.8 cm³/mol. The molecular weight excluding hydrogens is 178 g/mol. The summed E-state index contributed by atoms with van der Waals surface area (Å²) in [5.41, 5.74) is 0. The predicted octanol–water partition coefficient (Wildman–Crippen LogP) is -11.0. The molecule has 2 nitrogen and oxygen atoms in total. The number of rotatable bonds is 0. The molecule has 0 amide bonds. The monoisotopic (exact) mass is 178 g/mol. The van der Waals surface area contributed by atoms with Crippen molar-refractivity contribution in [3.05, 3.63) is 0 Å². The zero-order chi connectivity index (χ0) is 2.71. The van der Waals surface area contributed by atoms with Gasteiger partial charge in [-0.2, -0.15) is 0 Å². The Bertz CT molecular complexity index is 23.2. The maximum absolute atomic E-state index is 8.25. The van der Waals surface area contributed by atoms with E-state index in [1.54, 1.807) is 0 Å². The molecule has 0 radical (unpaired) electrons. The van der Waals surface area contributed by atoms with Gasteiger partial charge in [0.25, 0.3) is 0 Å².